The maximum Gasteiger partial charge on any atom is 0.159 e. The van der Waals surface area contributed by atoms with Gasteiger partial charge in [-0.1, -0.05) is 6.07 Å². The Morgan fingerprint density at radius 3 is 2.83 bits per heavy atom. The van der Waals surface area contributed by atoms with Crippen molar-refractivity contribution in [3.05, 3.63) is 35.5 Å². The predicted octanol–water partition coefficient (Wildman–Crippen LogP) is 3.14. The third kappa shape index (κ3) is 1.53. The first-order valence-corrected chi connectivity index (χ1v) is 6.31. The van der Waals surface area contributed by atoms with Crippen LogP contribution < -0.4 is 0 Å². The summed E-state index contributed by atoms with van der Waals surface area (Å²) in [4.78, 5) is 7.93. The van der Waals surface area contributed by atoms with Gasteiger partial charge < -0.3 is 4.98 Å². The average molecular weight is 238 g/mol. The summed E-state index contributed by atoms with van der Waals surface area (Å²) in [5.74, 6) is 1.61. The SMILES string of the molecule is Cc1cc(-c2nc3ccc(C4CC4)cc3[nH]2)n[nH]1. The van der Waals surface area contributed by atoms with Crippen LogP contribution in [0.3, 0.4) is 0 Å². The summed E-state index contributed by atoms with van der Waals surface area (Å²) in [5.41, 5.74) is 5.46. The Hall–Kier alpha value is -2.10. The highest BCUT2D eigenvalue weighted by molar-refractivity contribution is 5.79. The monoisotopic (exact) mass is 238 g/mol. The van der Waals surface area contributed by atoms with Crippen LogP contribution in [0.4, 0.5) is 0 Å². The minimum absolute atomic E-state index is 0.772. The quantitative estimate of drug-likeness (QED) is 0.720. The third-order valence-electron chi connectivity index (χ3n) is 3.50. The highest BCUT2D eigenvalue weighted by Gasteiger charge is 2.23. The highest BCUT2D eigenvalue weighted by atomic mass is 15.1. The Morgan fingerprint density at radius 1 is 1.22 bits per heavy atom. The molecule has 0 radical (unpaired) electrons. The molecule has 4 rings (SSSR count). The molecule has 1 aliphatic rings. The summed E-state index contributed by atoms with van der Waals surface area (Å²) in [6.45, 7) is 1.99. The van der Waals surface area contributed by atoms with Crippen LogP contribution in [0, 0.1) is 6.92 Å². The number of aromatic amines is 2. The predicted molar refractivity (Wildman–Crippen MR) is 70.4 cm³/mol. The van der Waals surface area contributed by atoms with Gasteiger partial charge in [0.05, 0.1) is 11.0 Å². The van der Waals surface area contributed by atoms with E-state index in [1.165, 1.54) is 18.4 Å². The lowest BCUT2D eigenvalue weighted by Gasteiger charge is -1.95. The number of nitrogens with one attached hydrogen (secondary N) is 2. The van der Waals surface area contributed by atoms with Crippen molar-refractivity contribution in [1.82, 2.24) is 20.2 Å². The first-order valence-electron chi connectivity index (χ1n) is 6.31. The summed E-state index contributed by atoms with van der Waals surface area (Å²) >= 11 is 0. The van der Waals surface area contributed by atoms with Gasteiger partial charge >= 0.3 is 0 Å². The molecule has 0 amide bonds. The Morgan fingerprint density at radius 2 is 2.11 bits per heavy atom. The topological polar surface area (TPSA) is 57.4 Å². The Kier molecular flexibility index (Phi) is 1.89. The van der Waals surface area contributed by atoms with Crippen LogP contribution in [-0.4, -0.2) is 20.2 Å². The zero-order valence-corrected chi connectivity index (χ0v) is 10.2. The van der Waals surface area contributed by atoms with E-state index in [1.807, 2.05) is 13.0 Å². The molecule has 2 heterocycles. The molecule has 0 saturated heterocycles. The molecule has 1 saturated carbocycles. The zero-order valence-electron chi connectivity index (χ0n) is 10.2. The van der Waals surface area contributed by atoms with Crippen LogP contribution in [0.5, 0.6) is 0 Å². The molecule has 0 atom stereocenters. The second-order valence-electron chi connectivity index (χ2n) is 5.07. The molecule has 1 fully saturated rings. The van der Waals surface area contributed by atoms with Gasteiger partial charge in [-0.05, 0) is 49.4 Å². The number of hydrogen-bond donors (Lipinski definition) is 2. The standard InChI is InChI=1S/C14H14N4/c1-8-6-13(18-17-8)14-15-11-5-4-10(9-2-3-9)7-12(11)16-14/h4-7,9H,2-3H2,1H3,(H,15,16)(H,17,18). The van der Waals surface area contributed by atoms with E-state index < -0.39 is 0 Å². The maximum absolute atomic E-state index is 4.58. The van der Waals surface area contributed by atoms with E-state index >= 15 is 0 Å². The van der Waals surface area contributed by atoms with E-state index in [9.17, 15) is 0 Å². The maximum atomic E-state index is 4.58. The molecule has 18 heavy (non-hydrogen) atoms. The van der Waals surface area contributed by atoms with Gasteiger partial charge in [-0.2, -0.15) is 5.10 Å². The number of fused-ring (bicyclic) bond motifs is 1. The normalized spacial score (nSPS) is 15.4. The third-order valence-corrected chi connectivity index (χ3v) is 3.50. The first-order chi connectivity index (χ1) is 8.79. The molecular weight excluding hydrogens is 224 g/mol. The largest absolute Gasteiger partial charge is 0.337 e. The molecule has 0 unspecified atom stereocenters. The number of aryl methyl sites for hydroxylation is 1. The van der Waals surface area contributed by atoms with Gasteiger partial charge in [0.25, 0.3) is 0 Å². The molecule has 4 nitrogen and oxygen atoms in total. The molecule has 3 aromatic rings. The van der Waals surface area contributed by atoms with Crippen molar-refractivity contribution in [2.24, 2.45) is 0 Å². The molecule has 4 heteroatoms. The summed E-state index contributed by atoms with van der Waals surface area (Å²) in [7, 11) is 0. The number of imidazole rings is 1. The fraction of sp³-hybridized carbons (Fsp3) is 0.286. The van der Waals surface area contributed by atoms with Gasteiger partial charge in [-0.15, -0.1) is 0 Å². The lowest BCUT2D eigenvalue weighted by atomic mass is 10.1. The van der Waals surface area contributed by atoms with E-state index in [1.54, 1.807) is 0 Å². The molecule has 0 aliphatic heterocycles. The molecule has 0 bridgehead atoms. The number of rotatable bonds is 2. The molecule has 0 spiro atoms. The van der Waals surface area contributed by atoms with E-state index in [4.69, 9.17) is 0 Å². The van der Waals surface area contributed by atoms with Crippen molar-refractivity contribution in [3.8, 4) is 11.5 Å². The Bertz CT molecular complexity index is 718. The molecule has 2 aromatic heterocycles. The molecule has 1 aliphatic carbocycles. The van der Waals surface area contributed by atoms with Crippen molar-refractivity contribution in [2.45, 2.75) is 25.7 Å². The zero-order chi connectivity index (χ0) is 12.1. The molecule has 90 valence electrons. The Labute approximate surface area is 104 Å². The van der Waals surface area contributed by atoms with Crippen molar-refractivity contribution >= 4 is 11.0 Å². The smallest absolute Gasteiger partial charge is 0.159 e. The van der Waals surface area contributed by atoms with Crippen LogP contribution in [0.15, 0.2) is 24.3 Å². The minimum Gasteiger partial charge on any atom is -0.337 e. The minimum atomic E-state index is 0.772. The van der Waals surface area contributed by atoms with Gasteiger partial charge in [0.2, 0.25) is 0 Å². The van der Waals surface area contributed by atoms with Crippen molar-refractivity contribution in [2.75, 3.05) is 0 Å². The number of H-pyrrole nitrogens is 2. The van der Waals surface area contributed by atoms with Crippen molar-refractivity contribution in [1.29, 1.82) is 0 Å². The van der Waals surface area contributed by atoms with Gasteiger partial charge in [0, 0.05) is 5.69 Å². The molecule has 2 N–H and O–H groups in total. The second-order valence-corrected chi connectivity index (χ2v) is 5.07. The lowest BCUT2D eigenvalue weighted by Crippen LogP contribution is -1.79. The van der Waals surface area contributed by atoms with Crippen LogP contribution >= 0.6 is 0 Å². The van der Waals surface area contributed by atoms with Gasteiger partial charge in [-0.3, -0.25) is 5.10 Å². The highest BCUT2D eigenvalue weighted by Crippen LogP contribution is 2.40. The van der Waals surface area contributed by atoms with E-state index in [0.717, 1.165) is 34.2 Å². The Balaban J connectivity index is 1.83. The van der Waals surface area contributed by atoms with Crippen LogP contribution in [-0.2, 0) is 0 Å². The van der Waals surface area contributed by atoms with Crippen LogP contribution in [0.25, 0.3) is 22.6 Å². The number of nitrogens with zero attached hydrogens (tertiary/aromatic N) is 2. The number of hydrogen-bond acceptors (Lipinski definition) is 2. The van der Waals surface area contributed by atoms with Crippen LogP contribution in [0.1, 0.15) is 30.0 Å². The van der Waals surface area contributed by atoms with Gasteiger partial charge in [0.1, 0.15) is 5.69 Å². The van der Waals surface area contributed by atoms with Crippen LogP contribution in [0.2, 0.25) is 0 Å². The fourth-order valence-corrected chi connectivity index (χ4v) is 2.36. The first kappa shape index (κ1) is 9.88. The average Bonchev–Trinajstić information content (AvgIpc) is 2.99. The summed E-state index contributed by atoms with van der Waals surface area (Å²) in [6.07, 6.45) is 2.65. The molecular formula is C14H14N4. The summed E-state index contributed by atoms with van der Waals surface area (Å²) in [6, 6.07) is 8.52. The van der Waals surface area contributed by atoms with Crippen molar-refractivity contribution < 1.29 is 0 Å². The summed E-state index contributed by atoms with van der Waals surface area (Å²) in [5, 5.41) is 7.17. The number of aromatic nitrogens is 4. The molecule has 1 aromatic carbocycles. The lowest BCUT2D eigenvalue weighted by molar-refractivity contribution is 1.04. The fourth-order valence-electron chi connectivity index (χ4n) is 2.36. The van der Waals surface area contributed by atoms with Crippen molar-refractivity contribution in [3.63, 3.8) is 0 Å². The summed E-state index contributed by atoms with van der Waals surface area (Å²) < 4.78 is 0. The number of benzene rings is 1. The van der Waals surface area contributed by atoms with Gasteiger partial charge in [0.15, 0.2) is 5.82 Å². The van der Waals surface area contributed by atoms with Gasteiger partial charge in [-0.25, -0.2) is 4.98 Å². The van der Waals surface area contributed by atoms with E-state index in [2.05, 4.69) is 38.4 Å². The second kappa shape index (κ2) is 3.45. The van der Waals surface area contributed by atoms with E-state index in [-0.39, 0.29) is 0 Å². The van der Waals surface area contributed by atoms with E-state index in [0.29, 0.717) is 0 Å².